The molecule has 3 aromatic carbocycles. The van der Waals surface area contributed by atoms with Gasteiger partial charge in [0.25, 0.3) is 15.9 Å². The minimum atomic E-state index is -3.90. The van der Waals surface area contributed by atoms with Crippen molar-refractivity contribution in [2.24, 2.45) is 5.10 Å². The fourth-order valence-electron chi connectivity index (χ4n) is 3.26. The van der Waals surface area contributed by atoms with Gasteiger partial charge in [-0.1, -0.05) is 29.8 Å². The van der Waals surface area contributed by atoms with Crippen LogP contribution in [0, 0.1) is 0 Å². The number of carbonyl (C=O) groups is 1. The summed E-state index contributed by atoms with van der Waals surface area (Å²) in [6.07, 6.45) is 1.34. The van der Waals surface area contributed by atoms with Gasteiger partial charge in [-0.15, -0.1) is 0 Å². The minimum absolute atomic E-state index is 0.0522. The van der Waals surface area contributed by atoms with E-state index in [0.717, 1.165) is 22.8 Å². The topological polar surface area (TPSA) is 106 Å². The van der Waals surface area contributed by atoms with Gasteiger partial charge in [0.1, 0.15) is 0 Å². The average molecular weight is 500 g/mol. The van der Waals surface area contributed by atoms with Crippen LogP contribution in [-0.2, 0) is 16.4 Å². The summed E-state index contributed by atoms with van der Waals surface area (Å²) in [5, 5.41) is 4.54. The van der Waals surface area contributed by atoms with E-state index in [9.17, 15) is 13.2 Å². The lowest BCUT2D eigenvalue weighted by molar-refractivity contribution is 0.0954. The van der Waals surface area contributed by atoms with Gasteiger partial charge < -0.3 is 9.47 Å². The molecule has 0 fully saturated rings. The number of nitrogens with one attached hydrogen (secondary N) is 2. The van der Waals surface area contributed by atoms with Crippen molar-refractivity contribution in [1.82, 2.24) is 5.43 Å². The molecule has 34 heavy (non-hydrogen) atoms. The van der Waals surface area contributed by atoms with Crippen LogP contribution in [0.25, 0.3) is 0 Å². The molecule has 1 heterocycles. The predicted molar refractivity (Wildman–Crippen MR) is 130 cm³/mol. The van der Waals surface area contributed by atoms with E-state index in [1.807, 2.05) is 25.1 Å². The van der Waals surface area contributed by atoms with Gasteiger partial charge in [-0.25, -0.2) is 13.8 Å². The highest BCUT2D eigenvalue weighted by Gasteiger charge is 2.17. The van der Waals surface area contributed by atoms with Crippen LogP contribution in [0.2, 0.25) is 5.02 Å². The highest BCUT2D eigenvalue weighted by molar-refractivity contribution is 7.92. The molecule has 0 bridgehead atoms. The van der Waals surface area contributed by atoms with Crippen LogP contribution < -0.4 is 19.6 Å². The Morgan fingerprint density at radius 2 is 1.82 bits per heavy atom. The molecule has 0 unspecified atom stereocenters. The van der Waals surface area contributed by atoms with E-state index < -0.39 is 15.9 Å². The number of amides is 1. The molecule has 1 aliphatic heterocycles. The smallest absolute Gasteiger partial charge is 0.271 e. The number of sulfonamides is 1. The maximum atomic E-state index is 12.7. The summed E-state index contributed by atoms with van der Waals surface area (Å²) in [5.41, 5.74) is 4.76. The Labute approximate surface area is 202 Å². The van der Waals surface area contributed by atoms with Crippen molar-refractivity contribution in [3.63, 3.8) is 0 Å². The zero-order valence-electron chi connectivity index (χ0n) is 18.2. The van der Waals surface area contributed by atoms with Crippen LogP contribution in [0.15, 0.2) is 76.7 Å². The standard InChI is InChI=1S/C24H22ClN3O5S/c1-16(8-9-17-10-11-22-23(12-17)33-15-32-22)26-27-24(29)18-4-2-7-21(13-18)34(30,31)28-20-6-3-5-19(25)14-20/h2-7,10-14,28H,8-9,15H2,1H3,(H,27,29)/b26-16-. The molecule has 0 saturated carbocycles. The first kappa shape index (κ1) is 23.6. The molecule has 0 atom stereocenters. The maximum Gasteiger partial charge on any atom is 0.271 e. The number of ether oxygens (including phenoxy) is 2. The summed E-state index contributed by atoms with van der Waals surface area (Å²) < 4.78 is 38.6. The molecule has 4 rings (SSSR count). The Bertz CT molecular complexity index is 1360. The zero-order valence-corrected chi connectivity index (χ0v) is 19.8. The normalized spacial score (nSPS) is 12.9. The Morgan fingerprint density at radius 1 is 1.03 bits per heavy atom. The zero-order chi connectivity index (χ0) is 24.1. The number of anilines is 1. The second kappa shape index (κ2) is 10.1. The lowest BCUT2D eigenvalue weighted by Gasteiger charge is -2.09. The van der Waals surface area contributed by atoms with Crippen LogP contribution in [0.3, 0.4) is 0 Å². The summed E-state index contributed by atoms with van der Waals surface area (Å²) >= 11 is 5.92. The SMILES string of the molecule is C/C(CCc1ccc2c(c1)OCO2)=N/NC(=O)c1cccc(S(=O)(=O)Nc2cccc(Cl)c2)c1. The van der Waals surface area contributed by atoms with Crippen LogP contribution in [0.5, 0.6) is 11.5 Å². The van der Waals surface area contributed by atoms with Gasteiger partial charge in [-0.2, -0.15) is 5.10 Å². The molecule has 1 amide bonds. The number of hydrogen-bond donors (Lipinski definition) is 2. The number of halogens is 1. The third-order valence-electron chi connectivity index (χ3n) is 5.04. The van der Waals surface area contributed by atoms with E-state index in [4.69, 9.17) is 21.1 Å². The number of aryl methyl sites for hydroxylation is 1. The Hall–Kier alpha value is -3.56. The molecule has 0 radical (unpaired) electrons. The average Bonchev–Trinajstić information content (AvgIpc) is 3.29. The summed E-state index contributed by atoms with van der Waals surface area (Å²) in [6.45, 7) is 2.04. The van der Waals surface area contributed by atoms with Gasteiger partial charge in [0.2, 0.25) is 6.79 Å². The first-order valence-corrected chi connectivity index (χ1v) is 12.3. The van der Waals surface area contributed by atoms with E-state index in [2.05, 4.69) is 15.2 Å². The number of fused-ring (bicyclic) bond motifs is 1. The first-order valence-electron chi connectivity index (χ1n) is 10.4. The number of carbonyl (C=O) groups excluding carboxylic acids is 1. The van der Waals surface area contributed by atoms with Crippen molar-refractivity contribution < 1.29 is 22.7 Å². The number of hydrogen-bond acceptors (Lipinski definition) is 6. The Morgan fingerprint density at radius 3 is 2.65 bits per heavy atom. The van der Waals surface area contributed by atoms with Crippen LogP contribution in [-0.4, -0.2) is 26.8 Å². The lowest BCUT2D eigenvalue weighted by Crippen LogP contribution is -2.20. The molecule has 8 nitrogen and oxygen atoms in total. The third kappa shape index (κ3) is 5.86. The Kier molecular flexibility index (Phi) is 7.04. The van der Waals surface area contributed by atoms with Crippen LogP contribution in [0.1, 0.15) is 29.3 Å². The minimum Gasteiger partial charge on any atom is -0.454 e. The third-order valence-corrected chi connectivity index (χ3v) is 6.66. The monoisotopic (exact) mass is 499 g/mol. The van der Waals surface area contributed by atoms with E-state index >= 15 is 0 Å². The molecular formula is C24H22ClN3O5S. The number of nitrogens with zero attached hydrogens (tertiary/aromatic N) is 1. The number of hydrazone groups is 1. The van der Waals surface area contributed by atoms with Gasteiger partial charge in [-0.05, 0) is 73.9 Å². The lowest BCUT2D eigenvalue weighted by atomic mass is 10.1. The molecular weight excluding hydrogens is 478 g/mol. The molecule has 2 N–H and O–H groups in total. The fourth-order valence-corrected chi connectivity index (χ4v) is 4.54. The van der Waals surface area contributed by atoms with E-state index in [1.165, 1.54) is 30.3 Å². The molecule has 0 aliphatic carbocycles. The fraction of sp³-hybridized carbons (Fsp3) is 0.167. The highest BCUT2D eigenvalue weighted by atomic mass is 35.5. The van der Waals surface area contributed by atoms with E-state index in [-0.39, 0.29) is 17.3 Å². The van der Waals surface area contributed by atoms with Crippen LogP contribution >= 0.6 is 11.6 Å². The van der Waals surface area contributed by atoms with Crippen molar-refractivity contribution in [1.29, 1.82) is 0 Å². The van der Waals surface area contributed by atoms with E-state index in [1.54, 1.807) is 18.2 Å². The van der Waals surface area contributed by atoms with Crippen molar-refractivity contribution >= 4 is 38.9 Å². The van der Waals surface area contributed by atoms with E-state index in [0.29, 0.717) is 23.6 Å². The summed E-state index contributed by atoms with van der Waals surface area (Å²) in [4.78, 5) is 12.5. The van der Waals surface area contributed by atoms with Crippen molar-refractivity contribution in [3.8, 4) is 11.5 Å². The van der Waals surface area contributed by atoms with Gasteiger partial charge in [-0.3, -0.25) is 9.52 Å². The largest absolute Gasteiger partial charge is 0.454 e. The van der Waals surface area contributed by atoms with Gasteiger partial charge >= 0.3 is 0 Å². The summed E-state index contributed by atoms with van der Waals surface area (Å²) in [5.74, 6) is 0.940. The van der Waals surface area contributed by atoms with Crippen molar-refractivity contribution in [2.45, 2.75) is 24.7 Å². The molecule has 0 saturated heterocycles. The maximum absolute atomic E-state index is 12.7. The first-order chi connectivity index (χ1) is 16.3. The summed E-state index contributed by atoms with van der Waals surface area (Å²) in [7, 11) is -3.90. The summed E-state index contributed by atoms with van der Waals surface area (Å²) in [6, 6.07) is 17.8. The van der Waals surface area contributed by atoms with Gasteiger partial charge in [0, 0.05) is 16.3 Å². The Balaban J connectivity index is 1.37. The van der Waals surface area contributed by atoms with Crippen LogP contribution in [0.4, 0.5) is 5.69 Å². The molecule has 0 aromatic heterocycles. The predicted octanol–water partition coefficient (Wildman–Crippen LogP) is 4.61. The van der Waals surface area contributed by atoms with Gasteiger partial charge in [0.15, 0.2) is 11.5 Å². The molecule has 10 heteroatoms. The van der Waals surface area contributed by atoms with Crippen molar-refractivity contribution in [2.75, 3.05) is 11.5 Å². The molecule has 1 aliphatic rings. The second-order valence-electron chi connectivity index (χ2n) is 7.62. The number of rotatable bonds is 8. The molecule has 176 valence electrons. The number of benzene rings is 3. The molecule has 0 spiro atoms. The highest BCUT2D eigenvalue weighted by Crippen LogP contribution is 2.32. The van der Waals surface area contributed by atoms with Crippen molar-refractivity contribution in [3.05, 3.63) is 82.9 Å². The molecule has 3 aromatic rings. The second-order valence-corrected chi connectivity index (χ2v) is 9.74. The van der Waals surface area contributed by atoms with Gasteiger partial charge in [0.05, 0.1) is 10.6 Å². The quantitative estimate of drug-likeness (QED) is 0.348.